The van der Waals surface area contributed by atoms with Crippen LogP contribution in [0.1, 0.15) is 0 Å². The molecule has 0 spiro atoms. The molecule has 2 heterocycles. The number of nitrogens with one attached hydrogen (secondary N) is 1. The molecular formula is C22H24N6O. The fourth-order valence-corrected chi connectivity index (χ4v) is 3.37. The lowest BCUT2D eigenvalue weighted by Crippen LogP contribution is -2.40. The van der Waals surface area contributed by atoms with Crippen molar-refractivity contribution in [3.8, 4) is 17.5 Å². The Morgan fingerprint density at radius 2 is 1.69 bits per heavy atom. The van der Waals surface area contributed by atoms with Crippen LogP contribution >= 0.6 is 0 Å². The molecule has 1 aliphatic heterocycles. The van der Waals surface area contributed by atoms with E-state index in [1.54, 1.807) is 0 Å². The molecule has 0 saturated carbocycles. The molecule has 7 nitrogen and oxygen atoms in total. The first-order valence-corrected chi connectivity index (χ1v) is 9.84. The SMILES string of the molecule is N#CC(CN1CCOCC1)Cn1nc(-c2ccccc2)nc1Nc1ccccc1. The maximum Gasteiger partial charge on any atom is 0.226 e. The number of ether oxygens (including phenoxy) is 1. The van der Waals surface area contributed by atoms with Crippen molar-refractivity contribution in [2.45, 2.75) is 6.54 Å². The third-order valence-electron chi connectivity index (χ3n) is 4.89. The van der Waals surface area contributed by atoms with Gasteiger partial charge in [0.05, 0.1) is 31.7 Å². The Morgan fingerprint density at radius 1 is 1.00 bits per heavy atom. The number of para-hydroxylation sites is 1. The summed E-state index contributed by atoms with van der Waals surface area (Å²) in [4.78, 5) is 6.98. The number of rotatable bonds is 7. The predicted molar refractivity (Wildman–Crippen MR) is 112 cm³/mol. The van der Waals surface area contributed by atoms with E-state index < -0.39 is 0 Å². The maximum absolute atomic E-state index is 9.73. The minimum atomic E-state index is -0.185. The highest BCUT2D eigenvalue weighted by atomic mass is 16.5. The van der Waals surface area contributed by atoms with Gasteiger partial charge in [0.15, 0.2) is 5.82 Å². The highest BCUT2D eigenvalue weighted by Gasteiger charge is 2.20. The quantitative estimate of drug-likeness (QED) is 0.670. The van der Waals surface area contributed by atoms with Crippen molar-refractivity contribution in [1.82, 2.24) is 19.7 Å². The van der Waals surface area contributed by atoms with E-state index in [1.165, 1.54) is 0 Å². The Morgan fingerprint density at radius 3 is 2.38 bits per heavy atom. The van der Waals surface area contributed by atoms with Crippen LogP contribution in [0.5, 0.6) is 0 Å². The van der Waals surface area contributed by atoms with Crippen molar-refractivity contribution >= 4 is 11.6 Å². The van der Waals surface area contributed by atoms with Crippen LogP contribution < -0.4 is 5.32 Å². The molecule has 148 valence electrons. The average Bonchev–Trinajstić information content (AvgIpc) is 3.17. The summed E-state index contributed by atoms with van der Waals surface area (Å²) in [6, 6.07) is 22.2. The second kappa shape index (κ2) is 9.32. The van der Waals surface area contributed by atoms with Crippen molar-refractivity contribution < 1.29 is 4.74 Å². The van der Waals surface area contributed by atoms with Gasteiger partial charge in [-0.15, -0.1) is 5.10 Å². The summed E-state index contributed by atoms with van der Waals surface area (Å²) >= 11 is 0. The molecule has 0 amide bonds. The van der Waals surface area contributed by atoms with E-state index >= 15 is 0 Å². The second-order valence-corrected chi connectivity index (χ2v) is 7.04. The molecule has 4 rings (SSSR count). The number of nitriles is 1. The summed E-state index contributed by atoms with van der Waals surface area (Å²) < 4.78 is 7.22. The zero-order valence-electron chi connectivity index (χ0n) is 16.2. The summed E-state index contributed by atoms with van der Waals surface area (Å²) in [5.41, 5.74) is 1.88. The Hall–Kier alpha value is -3.21. The molecule has 0 aliphatic carbocycles. The van der Waals surface area contributed by atoms with Crippen LogP contribution in [0.4, 0.5) is 11.6 Å². The van der Waals surface area contributed by atoms with Crippen molar-refractivity contribution in [2.75, 3.05) is 38.2 Å². The summed E-state index contributed by atoms with van der Waals surface area (Å²) in [5, 5.41) is 17.8. The number of hydrogen-bond acceptors (Lipinski definition) is 6. The second-order valence-electron chi connectivity index (χ2n) is 7.04. The van der Waals surface area contributed by atoms with Gasteiger partial charge in [-0.1, -0.05) is 48.5 Å². The zero-order chi connectivity index (χ0) is 19.9. The van der Waals surface area contributed by atoms with Gasteiger partial charge >= 0.3 is 0 Å². The number of aromatic nitrogens is 3. The van der Waals surface area contributed by atoms with Crippen molar-refractivity contribution in [1.29, 1.82) is 5.26 Å². The van der Waals surface area contributed by atoms with Crippen molar-refractivity contribution in [3.63, 3.8) is 0 Å². The smallest absolute Gasteiger partial charge is 0.226 e. The lowest BCUT2D eigenvalue weighted by molar-refractivity contribution is 0.0328. The Labute approximate surface area is 170 Å². The molecule has 1 unspecified atom stereocenters. The molecular weight excluding hydrogens is 364 g/mol. The molecule has 1 aromatic heterocycles. The molecule has 1 aliphatic rings. The highest BCUT2D eigenvalue weighted by Crippen LogP contribution is 2.21. The molecule has 3 aromatic rings. The molecule has 1 fully saturated rings. The minimum Gasteiger partial charge on any atom is -0.379 e. The van der Waals surface area contributed by atoms with Gasteiger partial charge in [0.1, 0.15) is 0 Å². The van der Waals surface area contributed by atoms with Crippen LogP contribution in [0.3, 0.4) is 0 Å². The normalized spacial score (nSPS) is 15.6. The molecule has 29 heavy (non-hydrogen) atoms. The topological polar surface area (TPSA) is 79.0 Å². The van der Waals surface area contributed by atoms with E-state index in [4.69, 9.17) is 14.8 Å². The maximum atomic E-state index is 9.73. The van der Waals surface area contributed by atoms with Crippen molar-refractivity contribution in [2.24, 2.45) is 5.92 Å². The summed E-state index contributed by atoms with van der Waals surface area (Å²) in [6.45, 7) is 4.34. The van der Waals surface area contributed by atoms with Gasteiger partial charge in [0, 0.05) is 30.9 Å². The monoisotopic (exact) mass is 388 g/mol. The largest absolute Gasteiger partial charge is 0.379 e. The standard InChI is InChI=1S/C22H24N6O/c23-15-18(16-27-11-13-29-14-12-27)17-28-22(24-20-9-5-2-6-10-20)25-21(26-28)19-7-3-1-4-8-19/h1-10,18H,11-14,16-17H2,(H,24,25,26). The van der Waals surface area contributed by atoms with Gasteiger partial charge in [0.2, 0.25) is 5.95 Å². The number of morpholine rings is 1. The van der Waals surface area contributed by atoms with Crippen molar-refractivity contribution in [3.05, 3.63) is 60.7 Å². The lowest BCUT2D eigenvalue weighted by Gasteiger charge is -2.28. The van der Waals surface area contributed by atoms with Crippen LogP contribution in [0.15, 0.2) is 60.7 Å². The molecule has 1 atom stereocenters. The summed E-state index contributed by atoms with van der Waals surface area (Å²) in [6.07, 6.45) is 0. The molecule has 1 saturated heterocycles. The average molecular weight is 388 g/mol. The minimum absolute atomic E-state index is 0.185. The lowest BCUT2D eigenvalue weighted by atomic mass is 10.1. The van der Waals surface area contributed by atoms with Gasteiger partial charge in [-0.2, -0.15) is 10.2 Å². The van der Waals surface area contributed by atoms with E-state index in [1.807, 2.05) is 65.3 Å². The first-order valence-electron chi connectivity index (χ1n) is 9.84. The fraction of sp³-hybridized carbons (Fsp3) is 0.318. The van der Waals surface area contributed by atoms with Crippen LogP contribution in [-0.4, -0.2) is 52.5 Å². The van der Waals surface area contributed by atoms with E-state index in [9.17, 15) is 5.26 Å². The molecule has 0 bridgehead atoms. The third-order valence-corrected chi connectivity index (χ3v) is 4.89. The Kier molecular flexibility index (Phi) is 6.15. The van der Waals surface area contributed by atoms with E-state index in [0.717, 1.165) is 37.6 Å². The third kappa shape index (κ3) is 4.99. The van der Waals surface area contributed by atoms with Gasteiger partial charge in [-0.05, 0) is 12.1 Å². The van der Waals surface area contributed by atoms with Gasteiger partial charge < -0.3 is 10.1 Å². The fourth-order valence-electron chi connectivity index (χ4n) is 3.37. The molecule has 7 heteroatoms. The number of hydrogen-bond donors (Lipinski definition) is 1. The Bertz CT molecular complexity index is 944. The van der Waals surface area contributed by atoms with Gasteiger partial charge in [0.25, 0.3) is 0 Å². The van der Waals surface area contributed by atoms with Crippen LogP contribution in [0, 0.1) is 17.2 Å². The zero-order valence-corrected chi connectivity index (χ0v) is 16.2. The first-order chi connectivity index (χ1) is 14.3. The van der Waals surface area contributed by atoms with Crippen LogP contribution in [0.25, 0.3) is 11.4 Å². The molecule has 2 aromatic carbocycles. The van der Waals surface area contributed by atoms with E-state index in [2.05, 4.69) is 16.3 Å². The van der Waals surface area contributed by atoms with Gasteiger partial charge in [-0.3, -0.25) is 4.90 Å². The van der Waals surface area contributed by atoms with E-state index in [0.29, 0.717) is 24.9 Å². The highest BCUT2D eigenvalue weighted by molar-refractivity contribution is 5.59. The first kappa shape index (κ1) is 19.1. The predicted octanol–water partition coefficient (Wildman–Crippen LogP) is 3.16. The summed E-state index contributed by atoms with van der Waals surface area (Å²) in [5.74, 6) is 1.10. The molecule has 1 N–H and O–H groups in total. The Balaban J connectivity index is 1.57. The number of anilines is 2. The summed E-state index contributed by atoms with van der Waals surface area (Å²) in [7, 11) is 0. The van der Waals surface area contributed by atoms with Gasteiger partial charge in [-0.25, -0.2) is 4.68 Å². The van der Waals surface area contributed by atoms with E-state index in [-0.39, 0.29) is 5.92 Å². The number of benzene rings is 2. The van der Waals surface area contributed by atoms with Crippen LogP contribution in [0.2, 0.25) is 0 Å². The molecule has 0 radical (unpaired) electrons. The number of nitrogens with zero attached hydrogens (tertiary/aromatic N) is 5. The van der Waals surface area contributed by atoms with Crippen LogP contribution in [-0.2, 0) is 11.3 Å².